The third kappa shape index (κ3) is 4.26. The van der Waals surface area contributed by atoms with Crippen LogP contribution in [0, 0.1) is 13.8 Å². The van der Waals surface area contributed by atoms with E-state index in [1.165, 1.54) is 7.11 Å². The number of hydrogen-bond acceptors (Lipinski definition) is 5. The Morgan fingerprint density at radius 3 is 2.61 bits per heavy atom. The summed E-state index contributed by atoms with van der Waals surface area (Å²) in [5, 5.41) is 2.26. The van der Waals surface area contributed by atoms with Gasteiger partial charge in [-0.15, -0.1) is 0 Å². The van der Waals surface area contributed by atoms with Crippen LogP contribution >= 0.6 is 11.8 Å². The molecule has 1 aliphatic rings. The van der Waals surface area contributed by atoms with Gasteiger partial charge in [0, 0.05) is 11.3 Å². The van der Waals surface area contributed by atoms with Gasteiger partial charge in [-0.3, -0.25) is 19.3 Å². The number of nitrogens with zero attached hydrogens (tertiary/aromatic N) is 1. The number of rotatable bonds is 5. The topological polar surface area (TPSA) is 75.7 Å². The molecule has 1 aliphatic heterocycles. The van der Waals surface area contributed by atoms with Gasteiger partial charge < -0.3 is 10.1 Å². The molecule has 1 N–H and O–H groups in total. The van der Waals surface area contributed by atoms with E-state index in [-0.39, 0.29) is 11.4 Å². The molecule has 0 unspecified atom stereocenters. The van der Waals surface area contributed by atoms with E-state index in [1.807, 2.05) is 38.1 Å². The largest absolute Gasteiger partial charge is 0.496 e. The Labute approximate surface area is 167 Å². The molecular weight excluding hydrogens is 376 g/mol. The molecule has 0 aromatic heterocycles. The fourth-order valence-electron chi connectivity index (χ4n) is 2.73. The van der Waals surface area contributed by atoms with Gasteiger partial charge in [0.05, 0.1) is 12.0 Å². The molecule has 0 saturated carbocycles. The predicted molar refractivity (Wildman–Crippen MR) is 110 cm³/mol. The second-order valence-corrected chi connectivity index (χ2v) is 7.35. The first kappa shape index (κ1) is 19.7. The maximum absolute atomic E-state index is 12.6. The van der Waals surface area contributed by atoms with Gasteiger partial charge in [0.15, 0.2) is 0 Å². The number of ether oxygens (including phenoxy) is 1. The van der Waals surface area contributed by atoms with Crippen LogP contribution in [0.4, 0.5) is 10.5 Å². The summed E-state index contributed by atoms with van der Waals surface area (Å²) in [7, 11) is 1.54. The highest BCUT2D eigenvalue weighted by atomic mass is 32.2. The van der Waals surface area contributed by atoms with Crippen LogP contribution in [0.15, 0.2) is 47.4 Å². The fraction of sp³-hybridized carbons (Fsp3) is 0.190. The molecule has 28 heavy (non-hydrogen) atoms. The highest BCUT2D eigenvalue weighted by molar-refractivity contribution is 8.18. The van der Waals surface area contributed by atoms with E-state index in [1.54, 1.807) is 24.3 Å². The lowest BCUT2D eigenvalue weighted by atomic mass is 10.1. The number of aryl methyl sites for hydroxylation is 2. The maximum atomic E-state index is 12.6. The van der Waals surface area contributed by atoms with E-state index in [0.29, 0.717) is 17.0 Å². The highest BCUT2D eigenvalue weighted by Gasteiger charge is 2.36. The third-order valence-corrected chi connectivity index (χ3v) is 5.30. The van der Waals surface area contributed by atoms with Crippen molar-refractivity contribution in [2.24, 2.45) is 0 Å². The second-order valence-electron chi connectivity index (χ2n) is 6.36. The van der Waals surface area contributed by atoms with Crippen molar-refractivity contribution in [3.05, 3.63) is 64.1 Å². The third-order valence-electron chi connectivity index (χ3n) is 4.39. The average molecular weight is 396 g/mol. The number of imide groups is 1. The van der Waals surface area contributed by atoms with Gasteiger partial charge in [0.25, 0.3) is 11.1 Å². The average Bonchev–Trinajstić information content (AvgIpc) is 2.92. The van der Waals surface area contributed by atoms with E-state index in [2.05, 4.69) is 5.32 Å². The van der Waals surface area contributed by atoms with Gasteiger partial charge in [-0.25, -0.2) is 0 Å². The van der Waals surface area contributed by atoms with Gasteiger partial charge in [0.2, 0.25) is 5.91 Å². The monoisotopic (exact) mass is 396 g/mol. The Balaban J connectivity index is 1.72. The standard InChI is InChI=1S/C21H20N2O4S/c1-13-8-9-16(10-14(13)2)22-19(24)12-23-20(25)18(28-21(23)26)11-15-6-4-5-7-17(15)27-3/h4-11H,12H2,1-3H3,(H,22,24)/b18-11-. The SMILES string of the molecule is COc1ccccc1/C=C1\SC(=O)N(CC(=O)Nc2ccc(C)c(C)c2)C1=O. The van der Waals surface area contributed by atoms with Crippen molar-refractivity contribution in [1.29, 1.82) is 0 Å². The molecule has 2 aromatic carbocycles. The van der Waals surface area contributed by atoms with Crippen molar-refractivity contribution in [3.63, 3.8) is 0 Å². The first-order chi connectivity index (χ1) is 13.4. The Bertz CT molecular complexity index is 984. The molecule has 2 aromatic rings. The molecule has 1 heterocycles. The van der Waals surface area contributed by atoms with E-state index >= 15 is 0 Å². The van der Waals surface area contributed by atoms with Crippen molar-refractivity contribution < 1.29 is 19.1 Å². The summed E-state index contributed by atoms with van der Waals surface area (Å²) in [6, 6.07) is 12.7. The Kier molecular flexibility index (Phi) is 5.84. The lowest BCUT2D eigenvalue weighted by Crippen LogP contribution is -2.36. The molecule has 1 fully saturated rings. The highest BCUT2D eigenvalue weighted by Crippen LogP contribution is 2.33. The molecule has 3 rings (SSSR count). The first-order valence-corrected chi connectivity index (χ1v) is 9.46. The van der Waals surface area contributed by atoms with E-state index in [9.17, 15) is 14.4 Å². The summed E-state index contributed by atoms with van der Waals surface area (Å²) in [5.41, 5.74) is 3.48. The van der Waals surface area contributed by atoms with Crippen LogP contribution in [-0.4, -0.2) is 35.6 Å². The number of hydrogen-bond donors (Lipinski definition) is 1. The van der Waals surface area contributed by atoms with Crippen LogP contribution in [-0.2, 0) is 9.59 Å². The number of benzene rings is 2. The van der Waals surface area contributed by atoms with Gasteiger partial charge in [-0.05, 0) is 61.0 Å². The summed E-state index contributed by atoms with van der Waals surface area (Å²) in [6.45, 7) is 3.60. The molecule has 0 atom stereocenters. The minimum absolute atomic E-state index is 0.258. The number of nitrogens with one attached hydrogen (secondary N) is 1. The van der Waals surface area contributed by atoms with Gasteiger partial charge in [-0.1, -0.05) is 24.3 Å². The van der Waals surface area contributed by atoms with Crippen LogP contribution in [0.2, 0.25) is 0 Å². The van der Waals surface area contributed by atoms with Crippen molar-refractivity contribution in [2.45, 2.75) is 13.8 Å². The molecule has 3 amide bonds. The summed E-state index contributed by atoms with van der Waals surface area (Å²) < 4.78 is 5.27. The van der Waals surface area contributed by atoms with Crippen molar-refractivity contribution >= 4 is 40.6 Å². The lowest BCUT2D eigenvalue weighted by molar-refractivity contribution is -0.127. The first-order valence-electron chi connectivity index (χ1n) is 8.64. The minimum Gasteiger partial charge on any atom is -0.496 e. The number of thioether (sulfide) groups is 1. The molecule has 0 spiro atoms. The van der Waals surface area contributed by atoms with Gasteiger partial charge in [-0.2, -0.15) is 0 Å². The van der Waals surface area contributed by atoms with E-state index < -0.39 is 17.1 Å². The molecule has 6 nitrogen and oxygen atoms in total. The predicted octanol–water partition coefficient (Wildman–Crippen LogP) is 3.99. The normalized spacial score (nSPS) is 15.2. The lowest BCUT2D eigenvalue weighted by Gasteiger charge is -2.13. The zero-order valence-corrected chi connectivity index (χ0v) is 16.6. The van der Waals surface area contributed by atoms with Crippen LogP contribution in [0.1, 0.15) is 16.7 Å². The number of para-hydroxylation sites is 1. The van der Waals surface area contributed by atoms with Crippen LogP contribution in [0.5, 0.6) is 5.75 Å². The quantitative estimate of drug-likeness (QED) is 0.774. The van der Waals surface area contributed by atoms with Gasteiger partial charge >= 0.3 is 0 Å². The summed E-state index contributed by atoms with van der Waals surface area (Å²) in [6.07, 6.45) is 1.60. The zero-order chi connectivity index (χ0) is 20.3. The molecular formula is C21H20N2O4S. The number of carbonyl (C=O) groups is 3. The number of amides is 3. The second kappa shape index (κ2) is 8.31. The fourth-order valence-corrected chi connectivity index (χ4v) is 3.56. The molecule has 1 saturated heterocycles. The summed E-state index contributed by atoms with van der Waals surface area (Å²) in [4.78, 5) is 38.4. The number of anilines is 1. The van der Waals surface area contributed by atoms with Crippen LogP contribution in [0.25, 0.3) is 6.08 Å². The molecule has 7 heteroatoms. The number of methoxy groups -OCH3 is 1. The van der Waals surface area contributed by atoms with Crippen LogP contribution in [0.3, 0.4) is 0 Å². The zero-order valence-electron chi connectivity index (χ0n) is 15.8. The van der Waals surface area contributed by atoms with Crippen molar-refractivity contribution in [3.8, 4) is 5.75 Å². The van der Waals surface area contributed by atoms with E-state index in [0.717, 1.165) is 27.8 Å². The van der Waals surface area contributed by atoms with Gasteiger partial charge in [0.1, 0.15) is 12.3 Å². The Hall–Kier alpha value is -3.06. The smallest absolute Gasteiger partial charge is 0.294 e. The molecule has 0 bridgehead atoms. The Morgan fingerprint density at radius 2 is 1.89 bits per heavy atom. The maximum Gasteiger partial charge on any atom is 0.294 e. The van der Waals surface area contributed by atoms with Crippen molar-refractivity contribution in [2.75, 3.05) is 19.0 Å². The summed E-state index contributed by atoms with van der Waals surface area (Å²) in [5.74, 6) is -0.318. The van der Waals surface area contributed by atoms with E-state index in [4.69, 9.17) is 4.74 Å². The summed E-state index contributed by atoms with van der Waals surface area (Å²) >= 11 is 0.811. The van der Waals surface area contributed by atoms with Crippen molar-refractivity contribution in [1.82, 2.24) is 4.90 Å². The minimum atomic E-state index is -0.490. The molecule has 144 valence electrons. The molecule has 0 radical (unpaired) electrons. The van der Waals surface area contributed by atoms with Crippen LogP contribution < -0.4 is 10.1 Å². The number of carbonyl (C=O) groups excluding carboxylic acids is 3. The molecule has 0 aliphatic carbocycles. The Morgan fingerprint density at radius 1 is 1.14 bits per heavy atom.